The minimum atomic E-state index is -0.338. The number of ether oxygens (including phenoxy) is 1. The van der Waals surface area contributed by atoms with Gasteiger partial charge in [-0.1, -0.05) is 27.2 Å². The Morgan fingerprint density at radius 1 is 1.36 bits per heavy atom. The molecule has 1 aliphatic heterocycles. The van der Waals surface area contributed by atoms with Crippen LogP contribution < -0.4 is 5.32 Å². The molecule has 1 aromatic carbocycles. The van der Waals surface area contributed by atoms with Crippen LogP contribution in [0, 0.1) is 0 Å². The summed E-state index contributed by atoms with van der Waals surface area (Å²) < 4.78 is 11.1. The average Bonchev–Trinajstić information content (AvgIpc) is 3.27. The second-order valence-electron chi connectivity index (χ2n) is 5.76. The predicted octanol–water partition coefficient (Wildman–Crippen LogP) is 2.70. The van der Waals surface area contributed by atoms with Gasteiger partial charge in [0.1, 0.15) is 12.8 Å². The quantitative estimate of drug-likeness (QED) is 0.795. The van der Waals surface area contributed by atoms with Crippen molar-refractivity contribution in [3.63, 3.8) is 0 Å². The highest BCUT2D eigenvalue weighted by atomic mass is 79.9. The van der Waals surface area contributed by atoms with Crippen LogP contribution in [0.4, 0.5) is 5.82 Å². The zero-order chi connectivity index (χ0) is 17.6. The van der Waals surface area contributed by atoms with Crippen LogP contribution in [0.15, 0.2) is 45.6 Å². The third-order valence-electron chi connectivity index (χ3n) is 3.85. The van der Waals surface area contributed by atoms with Gasteiger partial charge < -0.3 is 19.5 Å². The number of benzene rings is 1. The number of carbonyl (C=O) groups excluding carboxylic acids is 2. The molecule has 1 N–H and O–H groups in total. The van der Waals surface area contributed by atoms with Gasteiger partial charge in [-0.3, -0.25) is 9.59 Å². The van der Waals surface area contributed by atoms with Crippen LogP contribution >= 0.6 is 15.9 Å². The molecule has 1 unspecified atom stereocenters. The van der Waals surface area contributed by atoms with Gasteiger partial charge in [0.05, 0.1) is 6.10 Å². The molecule has 0 saturated carbocycles. The Balaban J connectivity index is 1.71. The van der Waals surface area contributed by atoms with Crippen LogP contribution in [0.3, 0.4) is 0 Å². The fraction of sp³-hybridized carbons (Fsp3) is 0.353. The van der Waals surface area contributed by atoms with Crippen molar-refractivity contribution in [2.45, 2.75) is 18.9 Å². The van der Waals surface area contributed by atoms with Gasteiger partial charge in [0.2, 0.25) is 5.91 Å². The highest BCUT2D eigenvalue weighted by molar-refractivity contribution is 9.10. The topological polar surface area (TPSA) is 84.7 Å². The minimum absolute atomic E-state index is 0.0454. The number of anilines is 1. The Morgan fingerprint density at radius 3 is 2.92 bits per heavy atom. The second kappa shape index (κ2) is 8.26. The number of nitrogens with one attached hydrogen (secondary N) is 1. The van der Waals surface area contributed by atoms with Crippen molar-refractivity contribution in [3.05, 3.63) is 46.6 Å². The Kier molecular flexibility index (Phi) is 5.83. The summed E-state index contributed by atoms with van der Waals surface area (Å²) in [6, 6.07) is 8.64. The normalized spacial score (nSPS) is 16.6. The minimum Gasteiger partial charge on any atom is -0.376 e. The molecule has 0 bridgehead atoms. The number of rotatable bonds is 6. The van der Waals surface area contributed by atoms with Gasteiger partial charge in [-0.2, -0.15) is 0 Å². The van der Waals surface area contributed by atoms with Gasteiger partial charge in [-0.15, -0.1) is 0 Å². The van der Waals surface area contributed by atoms with Crippen LogP contribution in [-0.2, 0) is 9.53 Å². The van der Waals surface area contributed by atoms with E-state index < -0.39 is 0 Å². The summed E-state index contributed by atoms with van der Waals surface area (Å²) in [5.74, 6) is -0.237. The Labute approximate surface area is 153 Å². The lowest BCUT2D eigenvalue weighted by atomic mass is 10.1. The van der Waals surface area contributed by atoms with Crippen molar-refractivity contribution in [3.8, 4) is 0 Å². The number of hydrogen-bond acceptors (Lipinski definition) is 5. The van der Waals surface area contributed by atoms with Gasteiger partial charge in [-0.25, -0.2) is 0 Å². The van der Waals surface area contributed by atoms with E-state index in [9.17, 15) is 9.59 Å². The van der Waals surface area contributed by atoms with Crippen molar-refractivity contribution in [1.82, 2.24) is 10.1 Å². The van der Waals surface area contributed by atoms with E-state index in [1.165, 1.54) is 11.2 Å². The van der Waals surface area contributed by atoms with Crippen molar-refractivity contribution in [1.29, 1.82) is 0 Å². The molecular formula is C17H18BrN3O4. The summed E-state index contributed by atoms with van der Waals surface area (Å²) in [5.41, 5.74) is 0.515. The Bertz CT molecular complexity index is 729. The molecule has 25 heavy (non-hydrogen) atoms. The first kappa shape index (κ1) is 17.6. The van der Waals surface area contributed by atoms with Crippen LogP contribution in [0.25, 0.3) is 0 Å². The van der Waals surface area contributed by atoms with Gasteiger partial charge in [0.15, 0.2) is 5.82 Å². The highest BCUT2D eigenvalue weighted by Crippen LogP contribution is 2.17. The molecule has 1 saturated heterocycles. The van der Waals surface area contributed by atoms with Crippen molar-refractivity contribution < 1.29 is 18.8 Å². The number of carbonyl (C=O) groups is 2. The maximum atomic E-state index is 12.9. The summed E-state index contributed by atoms with van der Waals surface area (Å²) in [4.78, 5) is 26.6. The van der Waals surface area contributed by atoms with E-state index in [0.717, 1.165) is 17.3 Å². The summed E-state index contributed by atoms with van der Waals surface area (Å²) in [6.07, 6.45) is 3.17. The summed E-state index contributed by atoms with van der Waals surface area (Å²) in [5, 5.41) is 6.25. The number of halogens is 1. The van der Waals surface area contributed by atoms with Crippen LogP contribution in [-0.4, -0.2) is 47.7 Å². The predicted molar refractivity (Wildman–Crippen MR) is 94.2 cm³/mol. The largest absolute Gasteiger partial charge is 0.376 e. The van der Waals surface area contributed by atoms with E-state index in [4.69, 9.17) is 4.74 Å². The maximum Gasteiger partial charge on any atom is 0.254 e. The number of hydrogen-bond donors (Lipinski definition) is 1. The van der Waals surface area contributed by atoms with Crippen molar-refractivity contribution in [2.24, 2.45) is 0 Å². The number of aromatic nitrogens is 1. The van der Waals surface area contributed by atoms with Gasteiger partial charge in [0, 0.05) is 29.3 Å². The van der Waals surface area contributed by atoms with Crippen LogP contribution in [0.1, 0.15) is 23.2 Å². The molecule has 8 heteroatoms. The molecule has 0 spiro atoms. The smallest absolute Gasteiger partial charge is 0.254 e. The molecule has 1 atom stereocenters. The molecule has 132 valence electrons. The number of nitrogens with zero attached hydrogens (tertiary/aromatic N) is 2. The molecule has 7 nitrogen and oxygen atoms in total. The third-order valence-corrected chi connectivity index (χ3v) is 4.34. The van der Waals surface area contributed by atoms with Gasteiger partial charge in [0.25, 0.3) is 5.91 Å². The van der Waals surface area contributed by atoms with E-state index in [2.05, 4.69) is 30.9 Å². The molecule has 1 aromatic heterocycles. The summed E-state index contributed by atoms with van der Waals surface area (Å²) in [7, 11) is 0. The van der Waals surface area contributed by atoms with Gasteiger partial charge >= 0.3 is 0 Å². The molecule has 0 radical (unpaired) electrons. The molecule has 1 aliphatic rings. The molecular weight excluding hydrogens is 390 g/mol. The first-order valence-corrected chi connectivity index (χ1v) is 8.78. The zero-order valence-electron chi connectivity index (χ0n) is 13.5. The van der Waals surface area contributed by atoms with E-state index in [0.29, 0.717) is 24.5 Å². The molecule has 3 rings (SSSR count). The summed E-state index contributed by atoms with van der Waals surface area (Å²) in [6.45, 7) is 0.977. The first-order chi connectivity index (χ1) is 12.1. The van der Waals surface area contributed by atoms with Crippen LogP contribution in [0.2, 0.25) is 0 Å². The van der Waals surface area contributed by atoms with E-state index in [-0.39, 0.29) is 24.5 Å². The molecule has 2 aromatic rings. The lowest BCUT2D eigenvalue weighted by molar-refractivity contribution is -0.117. The monoisotopic (exact) mass is 407 g/mol. The second-order valence-corrected chi connectivity index (χ2v) is 6.68. The molecule has 0 aliphatic carbocycles. The SMILES string of the molecule is O=C(CN(CC1CCCO1)C(=O)c1cccc(Br)c1)Nc1ccon1. The third kappa shape index (κ3) is 4.90. The van der Waals surface area contributed by atoms with E-state index >= 15 is 0 Å². The van der Waals surface area contributed by atoms with Crippen molar-refractivity contribution >= 4 is 33.6 Å². The molecule has 1 fully saturated rings. The average molecular weight is 408 g/mol. The van der Waals surface area contributed by atoms with E-state index in [1.807, 2.05) is 6.07 Å². The van der Waals surface area contributed by atoms with Gasteiger partial charge in [-0.05, 0) is 31.0 Å². The molecule has 2 heterocycles. The standard InChI is InChI=1S/C17H18BrN3O4/c18-13-4-1-3-12(9-13)17(23)21(10-14-5-2-7-24-14)11-16(22)19-15-6-8-25-20-15/h1,3-4,6,8-9,14H,2,5,7,10-11H2,(H,19,20,22). The van der Waals surface area contributed by atoms with Crippen molar-refractivity contribution in [2.75, 3.05) is 25.0 Å². The first-order valence-electron chi connectivity index (χ1n) is 7.98. The fourth-order valence-corrected chi connectivity index (χ4v) is 3.09. The zero-order valence-corrected chi connectivity index (χ0v) is 15.1. The maximum absolute atomic E-state index is 12.9. The Hall–Kier alpha value is -2.19. The number of amides is 2. The highest BCUT2D eigenvalue weighted by Gasteiger charge is 2.25. The lowest BCUT2D eigenvalue weighted by Gasteiger charge is -2.25. The summed E-state index contributed by atoms with van der Waals surface area (Å²) >= 11 is 3.37. The fourth-order valence-electron chi connectivity index (χ4n) is 2.69. The van der Waals surface area contributed by atoms with Crippen LogP contribution in [0.5, 0.6) is 0 Å². The van der Waals surface area contributed by atoms with E-state index in [1.54, 1.807) is 24.3 Å². The molecule has 2 amide bonds. The Morgan fingerprint density at radius 2 is 2.24 bits per heavy atom. The lowest BCUT2D eigenvalue weighted by Crippen LogP contribution is -2.42.